The number of carbonyl (C=O) groups is 1. The molecule has 314 valence electrons. The number of aliphatic hydroxyl groups is 2. The quantitative estimate of drug-likeness (QED) is 0.0280. The number of hydrogen-bond donors (Lipinski definition) is 4. The average molecular weight is 778 g/mol. The summed E-state index contributed by atoms with van der Waals surface area (Å²) >= 11 is 0. The van der Waals surface area contributed by atoms with Crippen molar-refractivity contribution >= 4 is 16.0 Å². The lowest BCUT2D eigenvalue weighted by atomic mass is 10.0. The number of rotatable bonds is 39. The third kappa shape index (κ3) is 38.3. The average Bonchev–Trinajstić information content (AvgIpc) is 3.14. The third-order valence-corrected chi connectivity index (χ3v) is 10.5. The molecule has 3 unspecified atom stereocenters. The molecule has 54 heavy (non-hydrogen) atoms. The third-order valence-electron chi connectivity index (χ3n) is 9.76. The molecule has 0 saturated carbocycles. The van der Waals surface area contributed by atoms with Gasteiger partial charge in [0.2, 0.25) is 5.91 Å². The number of hydrogen-bond acceptors (Lipinski definition) is 5. The molecule has 0 aliphatic carbocycles. The molecule has 0 aliphatic rings. The Hall–Kier alpha value is -2.00. The van der Waals surface area contributed by atoms with Crippen LogP contribution < -0.4 is 5.32 Å². The number of aliphatic hydroxyl groups excluding tert-OH is 2. The maximum atomic E-state index is 12.6. The van der Waals surface area contributed by atoms with Crippen molar-refractivity contribution in [2.24, 2.45) is 0 Å². The van der Waals surface area contributed by atoms with Crippen molar-refractivity contribution < 1.29 is 28.0 Å². The summed E-state index contributed by atoms with van der Waals surface area (Å²) in [6.07, 6.45) is 51.4. The van der Waals surface area contributed by atoms with E-state index in [4.69, 9.17) is 0 Å². The van der Waals surface area contributed by atoms with E-state index < -0.39 is 40.0 Å². The van der Waals surface area contributed by atoms with Gasteiger partial charge in [-0.05, 0) is 70.6 Å². The van der Waals surface area contributed by atoms with Gasteiger partial charge in [-0.25, -0.2) is 0 Å². The maximum absolute atomic E-state index is 12.6. The molecule has 0 bridgehead atoms. The predicted molar refractivity (Wildman–Crippen MR) is 231 cm³/mol. The Morgan fingerprint density at radius 2 is 0.944 bits per heavy atom. The van der Waals surface area contributed by atoms with E-state index in [0.717, 1.165) is 57.8 Å². The van der Waals surface area contributed by atoms with Crippen LogP contribution in [0, 0.1) is 0 Å². The topological polar surface area (TPSA) is 124 Å². The molecular formula is C46H83NO6S. The molecule has 3 atom stereocenters. The van der Waals surface area contributed by atoms with Gasteiger partial charge in [0.05, 0.1) is 17.9 Å². The first-order valence-corrected chi connectivity index (χ1v) is 23.7. The molecule has 0 aromatic heterocycles. The van der Waals surface area contributed by atoms with E-state index in [-0.39, 0.29) is 6.42 Å². The van der Waals surface area contributed by atoms with Crippen LogP contribution in [-0.4, -0.2) is 53.1 Å². The highest BCUT2D eigenvalue weighted by molar-refractivity contribution is 7.85. The summed E-state index contributed by atoms with van der Waals surface area (Å²) in [6.45, 7) is 4.41. The number of unbranched alkanes of at least 4 members (excludes halogenated alkanes) is 22. The van der Waals surface area contributed by atoms with E-state index in [2.05, 4.69) is 67.8 Å². The zero-order valence-corrected chi connectivity index (χ0v) is 35.5. The molecule has 0 aromatic carbocycles. The summed E-state index contributed by atoms with van der Waals surface area (Å²) in [5, 5.41) is 23.4. The molecular weight excluding hydrogens is 695 g/mol. The van der Waals surface area contributed by atoms with Crippen LogP contribution in [0.5, 0.6) is 0 Å². The van der Waals surface area contributed by atoms with Gasteiger partial charge in [0.25, 0.3) is 10.1 Å². The second-order valence-electron chi connectivity index (χ2n) is 15.1. The van der Waals surface area contributed by atoms with E-state index in [1.165, 1.54) is 115 Å². The largest absolute Gasteiger partial charge is 0.387 e. The molecule has 7 nitrogen and oxygen atoms in total. The molecule has 0 rings (SSSR count). The standard InChI is InChI=1S/C46H83NO6S/c1-3-5-7-9-11-13-15-17-19-21-22-23-25-27-29-31-33-35-37-39-41-45(49)46(50)47-43(42-54(51,52)53)44(48)40-38-36-34-32-30-28-26-24-20-18-16-14-12-10-8-6-4-2/h5,7,11,13,20,24,30,32,38,40,43-45,48-49H,3-4,6,8-10,12,14-19,21-23,25-29,31,33-37,39,41-42H2,1-2H3,(H,47,50)(H,51,52,53)/b7-5-,13-11-,24-20+,32-30+,40-38+. The first-order valence-electron chi connectivity index (χ1n) is 22.1. The van der Waals surface area contributed by atoms with Crippen molar-refractivity contribution in [2.45, 2.75) is 218 Å². The van der Waals surface area contributed by atoms with Gasteiger partial charge in [-0.15, -0.1) is 0 Å². The molecule has 8 heteroatoms. The lowest BCUT2D eigenvalue weighted by Crippen LogP contribution is -2.50. The van der Waals surface area contributed by atoms with Crippen LogP contribution in [0.4, 0.5) is 0 Å². The van der Waals surface area contributed by atoms with Gasteiger partial charge in [0.15, 0.2) is 0 Å². The summed E-state index contributed by atoms with van der Waals surface area (Å²) in [4.78, 5) is 12.6. The minimum atomic E-state index is -4.46. The zero-order valence-electron chi connectivity index (χ0n) is 34.7. The van der Waals surface area contributed by atoms with E-state index in [1.807, 2.05) is 0 Å². The second kappa shape index (κ2) is 39.2. The van der Waals surface area contributed by atoms with Gasteiger partial charge >= 0.3 is 0 Å². The predicted octanol–water partition coefficient (Wildman–Crippen LogP) is 12.2. The minimum Gasteiger partial charge on any atom is -0.387 e. The van der Waals surface area contributed by atoms with Crippen LogP contribution >= 0.6 is 0 Å². The number of amides is 1. The second-order valence-corrected chi connectivity index (χ2v) is 16.6. The van der Waals surface area contributed by atoms with Crippen LogP contribution in [0.1, 0.15) is 200 Å². The normalized spacial score (nSPS) is 14.4. The van der Waals surface area contributed by atoms with Crippen molar-refractivity contribution in [1.29, 1.82) is 0 Å². The SMILES string of the molecule is CC/C=C\C/C=C\CCCCCCCCCCCCCCCC(O)C(=O)NC(CS(=O)(=O)O)C(O)/C=C/CC/C=C/CC/C=C/CCCCCCCCC. The van der Waals surface area contributed by atoms with Crippen molar-refractivity contribution in [2.75, 3.05) is 5.75 Å². The van der Waals surface area contributed by atoms with Gasteiger partial charge in [-0.2, -0.15) is 8.42 Å². The fraction of sp³-hybridized carbons (Fsp3) is 0.761. The van der Waals surface area contributed by atoms with Gasteiger partial charge in [0.1, 0.15) is 6.10 Å². The van der Waals surface area contributed by atoms with Crippen molar-refractivity contribution in [1.82, 2.24) is 5.32 Å². The van der Waals surface area contributed by atoms with Gasteiger partial charge in [-0.1, -0.05) is 190 Å². The molecule has 0 spiro atoms. The van der Waals surface area contributed by atoms with Gasteiger partial charge in [-0.3, -0.25) is 9.35 Å². The fourth-order valence-electron chi connectivity index (χ4n) is 6.41. The van der Waals surface area contributed by atoms with Crippen LogP contribution in [0.2, 0.25) is 0 Å². The monoisotopic (exact) mass is 778 g/mol. The van der Waals surface area contributed by atoms with Crippen molar-refractivity contribution in [3.8, 4) is 0 Å². The van der Waals surface area contributed by atoms with Crippen LogP contribution in [-0.2, 0) is 14.9 Å². The molecule has 0 radical (unpaired) electrons. The Kier molecular flexibility index (Phi) is 37.8. The Morgan fingerprint density at radius 3 is 1.43 bits per heavy atom. The van der Waals surface area contributed by atoms with Crippen LogP contribution in [0.25, 0.3) is 0 Å². The molecule has 0 fully saturated rings. The van der Waals surface area contributed by atoms with Crippen molar-refractivity contribution in [3.63, 3.8) is 0 Å². The zero-order chi connectivity index (χ0) is 39.8. The van der Waals surface area contributed by atoms with Gasteiger partial charge < -0.3 is 15.5 Å². The smallest absolute Gasteiger partial charge is 0.267 e. The lowest BCUT2D eigenvalue weighted by Gasteiger charge is -2.22. The molecule has 0 saturated heterocycles. The Labute approximate surface area is 333 Å². The summed E-state index contributed by atoms with van der Waals surface area (Å²) in [5.74, 6) is -1.57. The van der Waals surface area contributed by atoms with Gasteiger partial charge in [0, 0.05) is 0 Å². The summed E-state index contributed by atoms with van der Waals surface area (Å²) < 4.78 is 32.6. The number of carbonyl (C=O) groups excluding carboxylic acids is 1. The first-order chi connectivity index (χ1) is 26.2. The minimum absolute atomic E-state index is 0.268. The molecule has 4 N–H and O–H groups in total. The highest BCUT2D eigenvalue weighted by Crippen LogP contribution is 2.15. The van der Waals surface area contributed by atoms with Crippen molar-refractivity contribution in [3.05, 3.63) is 60.8 Å². The fourth-order valence-corrected chi connectivity index (χ4v) is 7.14. The maximum Gasteiger partial charge on any atom is 0.267 e. The Bertz CT molecular complexity index is 1100. The number of allylic oxidation sites excluding steroid dienone is 9. The molecule has 0 heterocycles. The highest BCUT2D eigenvalue weighted by atomic mass is 32.2. The van der Waals surface area contributed by atoms with E-state index in [9.17, 15) is 28.0 Å². The van der Waals surface area contributed by atoms with E-state index >= 15 is 0 Å². The molecule has 0 aliphatic heterocycles. The van der Waals surface area contributed by atoms with Crippen LogP contribution in [0.3, 0.4) is 0 Å². The lowest BCUT2D eigenvalue weighted by molar-refractivity contribution is -0.130. The number of nitrogens with one attached hydrogen (secondary N) is 1. The van der Waals surface area contributed by atoms with E-state index in [1.54, 1.807) is 6.08 Å². The van der Waals surface area contributed by atoms with Crippen LogP contribution in [0.15, 0.2) is 60.8 Å². The van der Waals surface area contributed by atoms with E-state index in [0.29, 0.717) is 12.8 Å². The first kappa shape index (κ1) is 52.0. The summed E-state index contributed by atoms with van der Waals surface area (Å²) in [5.41, 5.74) is 0. The Morgan fingerprint density at radius 1 is 0.537 bits per heavy atom. The molecule has 0 aromatic rings. The summed E-state index contributed by atoms with van der Waals surface area (Å²) in [7, 11) is -4.46. The highest BCUT2D eigenvalue weighted by Gasteiger charge is 2.27. The Balaban J connectivity index is 4.04. The summed E-state index contributed by atoms with van der Waals surface area (Å²) in [6, 6.07) is -1.26. The molecule has 1 amide bonds.